The van der Waals surface area contributed by atoms with Crippen molar-refractivity contribution in [2.45, 2.75) is 12.5 Å². The molecule has 0 aliphatic rings. The Hall–Kier alpha value is -4.11. The highest BCUT2D eigenvalue weighted by molar-refractivity contribution is 6.31. The Morgan fingerprint density at radius 2 is 1.73 bits per heavy atom. The van der Waals surface area contributed by atoms with Crippen LogP contribution in [0.25, 0.3) is 11.3 Å². The van der Waals surface area contributed by atoms with Gasteiger partial charge in [0.2, 0.25) is 5.91 Å². The van der Waals surface area contributed by atoms with E-state index in [1.165, 1.54) is 28.2 Å². The second-order valence-electron chi connectivity index (χ2n) is 8.16. The number of para-hydroxylation sites is 1. The van der Waals surface area contributed by atoms with E-state index < -0.39 is 11.6 Å². The molecule has 1 amide bonds. The first-order valence-electron chi connectivity index (χ1n) is 11.3. The van der Waals surface area contributed by atoms with Gasteiger partial charge >= 0.3 is 0 Å². The molecule has 0 radical (unpaired) electrons. The van der Waals surface area contributed by atoms with Gasteiger partial charge in [0.05, 0.1) is 23.9 Å². The number of amides is 1. The van der Waals surface area contributed by atoms with Crippen molar-refractivity contribution in [3.05, 3.63) is 124 Å². The van der Waals surface area contributed by atoms with Gasteiger partial charge in [0.25, 0.3) is 5.56 Å². The maximum absolute atomic E-state index is 13.4. The number of carbonyl (C=O) groups excluding carboxylic acids is 1. The van der Waals surface area contributed by atoms with Gasteiger partial charge in [-0.2, -0.15) is 0 Å². The van der Waals surface area contributed by atoms with Crippen LogP contribution in [-0.4, -0.2) is 15.5 Å². The molecule has 1 unspecified atom stereocenters. The molecule has 0 aliphatic carbocycles. The van der Waals surface area contributed by atoms with Crippen molar-refractivity contribution in [2.75, 3.05) is 10.3 Å². The normalized spacial score (nSPS) is 12.1. The lowest BCUT2D eigenvalue weighted by Crippen LogP contribution is -2.34. The lowest BCUT2D eigenvalue weighted by molar-refractivity contribution is -0.119. The van der Waals surface area contributed by atoms with Crippen LogP contribution in [-0.2, 0) is 11.2 Å². The molecule has 10 heteroatoms. The molecule has 0 saturated carbocycles. The van der Waals surface area contributed by atoms with Crippen molar-refractivity contribution >= 4 is 40.5 Å². The minimum atomic E-state index is -0.847. The van der Waals surface area contributed by atoms with Crippen LogP contribution in [0.3, 0.4) is 0 Å². The average Bonchev–Trinajstić information content (AvgIpc) is 2.88. The van der Waals surface area contributed by atoms with E-state index >= 15 is 0 Å². The molecule has 5 N–H and O–H groups in total. The summed E-state index contributed by atoms with van der Waals surface area (Å²) >= 11 is 12.0. The molecule has 1 aromatic heterocycles. The van der Waals surface area contributed by atoms with Crippen molar-refractivity contribution < 1.29 is 4.79 Å². The van der Waals surface area contributed by atoms with E-state index in [4.69, 9.17) is 34.8 Å². The number of hydrazine groups is 1. The Morgan fingerprint density at radius 3 is 2.38 bits per heavy atom. The summed E-state index contributed by atoms with van der Waals surface area (Å²) in [5.74, 6) is 5.74. The summed E-state index contributed by atoms with van der Waals surface area (Å²) in [5.41, 5.74) is 7.93. The fourth-order valence-corrected chi connectivity index (χ4v) is 4.11. The minimum absolute atomic E-state index is 0.0278. The quantitative estimate of drug-likeness (QED) is 0.172. The van der Waals surface area contributed by atoms with E-state index in [0.29, 0.717) is 34.1 Å². The number of nitrogens with zero attached hydrogens (tertiary/aromatic N) is 3. The molecule has 0 saturated heterocycles. The number of halogens is 2. The van der Waals surface area contributed by atoms with Gasteiger partial charge < -0.3 is 11.1 Å². The van der Waals surface area contributed by atoms with Crippen LogP contribution < -0.4 is 27.5 Å². The molecular formula is C27H24Cl2N6O2. The third-order valence-corrected chi connectivity index (χ3v) is 5.90. The first-order chi connectivity index (χ1) is 17.8. The summed E-state index contributed by atoms with van der Waals surface area (Å²) in [7, 11) is 0. The van der Waals surface area contributed by atoms with Gasteiger partial charge in [0.1, 0.15) is 11.2 Å². The average molecular weight is 535 g/mol. The number of hydrogen-bond acceptors (Lipinski definition) is 6. The summed E-state index contributed by atoms with van der Waals surface area (Å²) in [5, 5.41) is 4.49. The summed E-state index contributed by atoms with van der Waals surface area (Å²) < 4.78 is 1.32. The third kappa shape index (κ3) is 6.56. The molecule has 1 heterocycles. The monoisotopic (exact) mass is 534 g/mol. The molecule has 188 valence electrons. The summed E-state index contributed by atoms with van der Waals surface area (Å²) in [6, 6.07) is 23.9. The van der Waals surface area contributed by atoms with Gasteiger partial charge in [-0.25, -0.2) is 10.8 Å². The van der Waals surface area contributed by atoms with Gasteiger partial charge in [-0.3, -0.25) is 19.2 Å². The van der Waals surface area contributed by atoms with Crippen molar-refractivity contribution in [1.29, 1.82) is 0 Å². The standard InChI is InChI=1S/C27H24Cl2N6O2/c28-19-11-12-23(35(31)16-25(29)30)21(14-19)22-15-26(36)34(17-32-22)24(13-18-7-3-1-4-8-18)27(37)33-20-9-5-2-6-10-20/h1-12,14-17,24H,13,30-31H2,(H,33,37)/b25-16-. The molecule has 4 rings (SSSR count). The Balaban J connectivity index is 1.73. The first-order valence-corrected chi connectivity index (χ1v) is 12.0. The van der Waals surface area contributed by atoms with Crippen LogP contribution in [0.15, 0.2) is 107 Å². The van der Waals surface area contributed by atoms with Crippen LogP contribution >= 0.6 is 23.2 Å². The number of rotatable bonds is 8. The molecule has 0 spiro atoms. The van der Waals surface area contributed by atoms with Gasteiger partial charge in [0, 0.05) is 28.8 Å². The van der Waals surface area contributed by atoms with Crippen molar-refractivity contribution in [1.82, 2.24) is 9.55 Å². The lowest BCUT2D eigenvalue weighted by Gasteiger charge is -2.21. The highest BCUT2D eigenvalue weighted by Gasteiger charge is 2.23. The van der Waals surface area contributed by atoms with Crippen LogP contribution in [0.1, 0.15) is 11.6 Å². The first kappa shape index (κ1) is 26.0. The number of hydrogen-bond donors (Lipinski definition) is 3. The number of carbonyl (C=O) groups is 1. The largest absolute Gasteiger partial charge is 0.388 e. The third-order valence-electron chi connectivity index (χ3n) is 5.56. The van der Waals surface area contributed by atoms with Gasteiger partial charge in [0.15, 0.2) is 0 Å². The molecule has 0 bridgehead atoms. The zero-order valence-corrected chi connectivity index (χ0v) is 21.1. The number of nitrogens with two attached hydrogens (primary N) is 2. The van der Waals surface area contributed by atoms with Crippen LogP contribution in [0.2, 0.25) is 5.02 Å². The Kier molecular flexibility index (Phi) is 8.25. The lowest BCUT2D eigenvalue weighted by atomic mass is 10.0. The topological polar surface area (TPSA) is 119 Å². The van der Waals surface area contributed by atoms with E-state index in [0.717, 1.165) is 5.56 Å². The molecule has 3 aromatic carbocycles. The van der Waals surface area contributed by atoms with E-state index in [2.05, 4.69) is 10.3 Å². The zero-order valence-electron chi connectivity index (χ0n) is 19.6. The van der Waals surface area contributed by atoms with E-state index in [-0.39, 0.29) is 11.1 Å². The van der Waals surface area contributed by atoms with Crippen LogP contribution in [0, 0.1) is 0 Å². The maximum Gasteiger partial charge on any atom is 0.254 e. The molecule has 0 fully saturated rings. The van der Waals surface area contributed by atoms with Crippen LogP contribution in [0.5, 0.6) is 0 Å². The Bertz CT molecular complexity index is 1470. The second kappa shape index (κ2) is 11.7. The van der Waals surface area contributed by atoms with E-state index in [9.17, 15) is 9.59 Å². The predicted molar refractivity (Wildman–Crippen MR) is 148 cm³/mol. The molecule has 0 aliphatic heterocycles. The van der Waals surface area contributed by atoms with E-state index in [1.54, 1.807) is 30.3 Å². The van der Waals surface area contributed by atoms with E-state index in [1.807, 2.05) is 48.5 Å². The number of anilines is 2. The summed E-state index contributed by atoms with van der Waals surface area (Å²) in [6.45, 7) is 0. The molecule has 8 nitrogen and oxygen atoms in total. The minimum Gasteiger partial charge on any atom is -0.388 e. The number of benzene rings is 3. The Morgan fingerprint density at radius 1 is 1.05 bits per heavy atom. The molecule has 4 aromatic rings. The zero-order chi connectivity index (χ0) is 26.4. The van der Waals surface area contributed by atoms with Crippen LogP contribution in [0.4, 0.5) is 11.4 Å². The predicted octanol–water partition coefficient (Wildman–Crippen LogP) is 4.66. The van der Waals surface area contributed by atoms with Gasteiger partial charge in [-0.1, -0.05) is 71.7 Å². The summed E-state index contributed by atoms with van der Waals surface area (Å²) in [4.78, 5) is 31.2. The number of nitrogens with one attached hydrogen (secondary N) is 1. The van der Waals surface area contributed by atoms with Crippen molar-refractivity contribution in [2.24, 2.45) is 11.6 Å². The van der Waals surface area contributed by atoms with Gasteiger partial charge in [-0.15, -0.1) is 0 Å². The molecular weight excluding hydrogens is 511 g/mol. The molecule has 1 atom stereocenters. The SMILES string of the molecule is N/C(Cl)=C\N(N)c1ccc(Cl)cc1-c1cc(=O)n(C(Cc2ccccc2)C(=O)Nc2ccccc2)cn1. The van der Waals surface area contributed by atoms with Crippen molar-refractivity contribution in [3.63, 3.8) is 0 Å². The molecule has 37 heavy (non-hydrogen) atoms. The van der Waals surface area contributed by atoms with Gasteiger partial charge in [-0.05, 0) is 35.9 Å². The number of aromatic nitrogens is 2. The highest BCUT2D eigenvalue weighted by atomic mass is 35.5. The smallest absolute Gasteiger partial charge is 0.254 e. The Labute approximate surface area is 223 Å². The highest BCUT2D eigenvalue weighted by Crippen LogP contribution is 2.31. The second-order valence-corrected chi connectivity index (χ2v) is 9.04. The fraction of sp³-hybridized carbons (Fsp3) is 0.0741. The fourth-order valence-electron chi connectivity index (χ4n) is 3.83. The van der Waals surface area contributed by atoms with Crippen molar-refractivity contribution in [3.8, 4) is 11.3 Å². The maximum atomic E-state index is 13.4. The summed E-state index contributed by atoms with van der Waals surface area (Å²) in [6.07, 6.45) is 2.96.